The lowest BCUT2D eigenvalue weighted by Gasteiger charge is -2.35. The van der Waals surface area contributed by atoms with Crippen molar-refractivity contribution in [2.45, 2.75) is 149 Å². The second-order valence-corrected chi connectivity index (χ2v) is 27.4. The maximum absolute atomic E-state index is 14.5. The van der Waals surface area contributed by atoms with Crippen molar-refractivity contribution in [3.8, 4) is 21.6 Å². The molecule has 85 heavy (non-hydrogen) atoms. The van der Waals surface area contributed by atoms with Gasteiger partial charge in [0.15, 0.2) is 5.13 Å². The molecule has 20 nitrogen and oxygen atoms in total. The Hall–Kier alpha value is -7.47. The topological polar surface area (TPSA) is 264 Å². The van der Waals surface area contributed by atoms with Crippen LogP contribution in [0.25, 0.3) is 31.9 Å². The third kappa shape index (κ3) is 14.3. The van der Waals surface area contributed by atoms with E-state index in [-0.39, 0.29) is 43.8 Å². The molecule has 0 unspecified atom stereocenters. The van der Waals surface area contributed by atoms with Gasteiger partial charge in [0.25, 0.3) is 11.8 Å². The molecule has 1 saturated heterocycles. The van der Waals surface area contributed by atoms with Gasteiger partial charge in [-0.1, -0.05) is 94.2 Å². The molecule has 5 aromatic heterocycles. The van der Waals surface area contributed by atoms with Gasteiger partial charge in [0, 0.05) is 67.6 Å². The number of aryl methyl sites for hydroxylation is 1. The molecule has 23 heteroatoms. The van der Waals surface area contributed by atoms with Gasteiger partial charge in [-0.3, -0.25) is 34.0 Å². The molecule has 5 amide bonds. The number of hydrogen-bond acceptors (Lipinski definition) is 16. The van der Waals surface area contributed by atoms with E-state index < -0.39 is 69.0 Å². The smallest absolute Gasteiger partial charge is 0.284 e. The number of β-amino-alcohol motifs (C(OH)–C–C–N with tert-alkyl or cyclic N) is 1. The van der Waals surface area contributed by atoms with E-state index in [0.29, 0.717) is 69.8 Å². The number of aliphatic hydroxyl groups is 1. The molecule has 0 bridgehead atoms. The first-order valence-electron chi connectivity index (χ1n) is 29.3. The molecule has 2 fully saturated rings. The summed E-state index contributed by atoms with van der Waals surface area (Å²) in [5.41, 5.74) is 8.66. The Bertz CT molecular complexity index is 3680. The molecule has 2 aliphatic heterocycles. The highest BCUT2D eigenvalue weighted by Gasteiger charge is 2.45. The van der Waals surface area contributed by atoms with Gasteiger partial charge in [-0.05, 0) is 117 Å². The van der Waals surface area contributed by atoms with Gasteiger partial charge in [-0.2, -0.15) is 5.10 Å². The number of likely N-dealkylation sites (tertiary alicyclic amines) is 1. The number of thiazole rings is 2. The summed E-state index contributed by atoms with van der Waals surface area (Å²) >= 11 is 2.84. The number of fused-ring (bicyclic) bond motifs is 2. The molecule has 1 saturated carbocycles. The number of pyridine rings is 2. The van der Waals surface area contributed by atoms with Crippen LogP contribution in [0.15, 0.2) is 84.6 Å². The van der Waals surface area contributed by atoms with Gasteiger partial charge >= 0.3 is 0 Å². The Labute approximate surface area is 503 Å². The SMILES string of the molecule is Cc1ncsc1-c1ccc([C@H](C)NC(=O)[C@@H]2C[C@@H](O)CN2C(=O)[C@@H](NC(=O)CCCCCS(=O)(=O)NC(=O)c2nc(N3CCc4cccc(C(=O)Nc5nc6cccnc6s5)c4C3)ccc2-c2cnn(CC3CCCCC3)c2C)C(C)(C)C)cc1. The normalized spacial score (nSPS) is 17.3. The van der Waals surface area contributed by atoms with Crippen LogP contribution in [0.2, 0.25) is 0 Å². The van der Waals surface area contributed by atoms with E-state index in [2.05, 4.69) is 35.6 Å². The minimum atomic E-state index is -4.22. The molecule has 1 aliphatic carbocycles. The van der Waals surface area contributed by atoms with Gasteiger partial charge in [0.05, 0.1) is 40.2 Å². The van der Waals surface area contributed by atoms with Gasteiger partial charge in [0.1, 0.15) is 33.9 Å². The van der Waals surface area contributed by atoms with Crippen molar-refractivity contribution in [1.29, 1.82) is 0 Å². The number of unbranched alkanes of at least 4 members (excludes halogenated alkanes) is 2. The van der Waals surface area contributed by atoms with E-state index in [1.807, 2.05) is 99.7 Å². The predicted octanol–water partition coefficient (Wildman–Crippen LogP) is 9.08. The summed E-state index contributed by atoms with van der Waals surface area (Å²) in [5, 5.41) is 24.8. The quantitative estimate of drug-likeness (QED) is 0.0446. The second-order valence-electron chi connectivity index (χ2n) is 23.8. The fraction of sp³-hybridized carbons (Fsp3) is 0.452. The number of nitrogens with zero attached hydrogens (tertiary/aromatic N) is 8. The van der Waals surface area contributed by atoms with E-state index in [4.69, 9.17) is 10.1 Å². The molecule has 4 atom stereocenters. The van der Waals surface area contributed by atoms with Crippen molar-refractivity contribution in [2.75, 3.05) is 29.1 Å². The zero-order valence-electron chi connectivity index (χ0n) is 48.9. The van der Waals surface area contributed by atoms with Crippen LogP contribution in [0.1, 0.15) is 147 Å². The number of sulfonamides is 1. The Morgan fingerprint density at radius 1 is 0.871 bits per heavy atom. The van der Waals surface area contributed by atoms with Crippen LogP contribution in [0.5, 0.6) is 0 Å². The Kier molecular flexibility index (Phi) is 18.6. The summed E-state index contributed by atoms with van der Waals surface area (Å²) in [7, 11) is -4.22. The number of amides is 5. The molecule has 5 N–H and O–H groups in total. The third-order valence-electron chi connectivity index (χ3n) is 16.5. The second kappa shape index (κ2) is 26.0. The number of hydrogen-bond donors (Lipinski definition) is 5. The number of aliphatic hydroxyl groups excluding tert-OH is 1. The molecule has 448 valence electrons. The highest BCUT2D eigenvalue weighted by atomic mass is 32.2. The van der Waals surface area contributed by atoms with Gasteiger partial charge < -0.3 is 25.5 Å². The van der Waals surface area contributed by atoms with Crippen molar-refractivity contribution in [3.05, 3.63) is 124 Å². The average molecular weight is 1210 g/mol. The highest BCUT2D eigenvalue weighted by molar-refractivity contribution is 7.90. The molecule has 7 heterocycles. The van der Waals surface area contributed by atoms with Crippen molar-refractivity contribution in [2.24, 2.45) is 11.3 Å². The molecule has 3 aliphatic rings. The van der Waals surface area contributed by atoms with Crippen LogP contribution in [0, 0.1) is 25.2 Å². The minimum Gasteiger partial charge on any atom is -0.391 e. The fourth-order valence-electron chi connectivity index (χ4n) is 11.7. The summed E-state index contributed by atoms with van der Waals surface area (Å²) in [4.78, 5) is 93.3. The van der Waals surface area contributed by atoms with Gasteiger partial charge in [-0.25, -0.2) is 33.1 Å². The first-order chi connectivity index (χ1) is 40.7. The zero-order chi connectivity index (χ0) is 60.2. The van der Waals surface area contributed by atoms with E-state index in [1.165, 1.54) is 35.5 Å². The third-order valence-corrected chi connectivity index (χ3v) is 19.7. The highest BCUT2D eigenvalue weighted by Crippen LogP contribution is 2.35. The van der Waals surface area contributed by atoms with Crippen molar-refractivity contribution >= 4 is 83.5 Å². The zero-order valence-corrected chi connectivity index (χ0v) is 51.3. The largest absolute Gasteiger partial charge is 0.391 e. The lowest BCUT2D eigenvalue weighted by Crippen LogP contribution is -2.57. The molecular weight excluding hydrogens is 1140 g/mol. The van der Waals surface area contributed by atoms with Gasteiger partial charge in [-0.15, -0.1) is 11.3 Å². The van der Waals surface area contributed by atoms with Crippen LogP contribution < -0.4 is 25.6 Å². The van der Waals surface area contributed by atoms with Crippen LogP contribution in [-0.2, 0) is 43.9 Å². The van der Waals surface area contributed by atoms with Crippen molar-refractivity contribution < 1.29 is 37.5 Å². The number of nitrogens with one attached hydrogen (secondary N) is 4. The summed E-state index contributed by atoms with van der Waals surface area (Å²) in [6.45, 7) is 12.7. The maximum Gasteiger partial charge on any atom is 0.284 e. The minimum absolute atomic E-state index is 0.0143. The number of benzene rings is 2. The van der Waals surface area contributed by atoms with E-state index >= 15 is 0 Å². The van der Waals surface area contributed by atoms with Crippen LogP contribution in [0.3, 0.4) is 0 Å². The van der Waals surface area contributed by atoms with Gasteiger partial charge in [0.2, 0.25) is 27.7 Å². The predicted molar refractivity (Wildman–Crippen MR) is 329 cm³/mol. The molecule has 7 aromatic rings. The molecule has 2 aromatic carbocycles. The van der Waals surface area contributed by atoms with Crippen molar-refractivity contribution in [1.82, 2.24) is 50.0 Å². The first-order valence-corrected chi connectivity index (χ1v) is 32.6. The number of aromatic nitrogens is 6. The monoisotopic (exact) mass is 1210 g/mol. The fourth-order valence-corrected chi connectivity index (χ4v) is 14.4. The Morgan fingerprint density at radius 3 is 2.40 bits per heavy atom. The van der Waals surface area contributed by atoms with Crippen LogP contribution in [0.4, 0.5) is 10.9 Å². The summed E-state index contributed by atoms with van der Waals surface area (Å²) in [6, 6.07) is 18.3. The number of carbonyl (C=O) groups is 5. The number of carbonyl (C=O) groups excluding carboxylic acids is 5. The van der Waals surface area contributed by atoms with Crippen LogP contribution in [-0.4, -0.2) is 115 Å². The standard InChI is InChI=1S/C62H74N12O8S3/c1-37(41-21-23-43(24-22-41)54-38(2)64-36-83-54)66-57(78)50-31-44(75)34-73(50)60(80)55(62(4,5)6)69-52(76)20-11-8-12-30-85(81,82)71-58(79)53-45(47-32-65-74(39(47)3)33-40-15-9-7-10-16-40)25-26-51(68-53)72-29-27-42-17-13-18-46(48(42)35-72)56(77)70-61-67-49-19-14-28-63-59(49)84-61/h13-14,17-19,21-26,28,32,36-37,40,44,50,55,75H,7-12,15-16,20,27,29-31,33-35H2,1-6H3,(H,66,78)(H,69,76)(H,71,79)(H,67,70,77)/t37-,44+,50-,55+/m0/s1. The Balaban J connectivity index is 0.771. The first kappa shape index (κ1) is 60.6. The summed E-state index contributed by atoms with van der Waals surface area (Å²) < 4.78 is 31.9. The number of anilines is 2. The molecular formula is C62H74N12O8S3. The lowest BCUT2D eigenvalue weighted by molar-refractivity contribution is -0.144. The molecule has 0 radical (unpaired) electrons. The maximum atomic E-state index is 14.5. The van der Waals surface area contributed by atoms with E-state index in [1.54, 1.807) is 47.4 Å². The van der Waals surface area contributed by atoms with Crippen LogP contribution >= 0.6 is 22.7 Å². The van der Waals surface area contributed by atoms with E-state index in [0.717, 1.165) is 57.9 Å². The molecule has 0 spiro atoms. The van der Waals surface area contributed by atoms with Crippen molar-refractivity contribution in [3.63, 3.8) is 0 Å². The lowest BCUT2D eigenvalue weighted by atomic mass is 9.85. The van der Waals surface area contributed by atoms with E-state index in [9.17, 15) is 37.5 Å². The molecule has 10 rings (SSSR count). The average Bonchev–Trinajstić information content (AvgIpc) is 2.91. The summed E-state index contributed by atoms with van der Waals surface area (Å²) in [5.74, 6) is -2.04. The number of rotatable bonds is 20. The summed E-state index contributed by atoms with van der Waals surface area (Å²) in [6.07, 6.45) is 9.60. The Morgan fingerprint density at radius 2 is 1.66 bits per heavy atom.